The van der Waals surface area contributed by atoms with Crippen LogP contribution in [0.4, 0.5) is 0 Å². The molecule has 24 heavy (non-hydrogen) atoms. The van der Waals surface area contributed by atoms with Crippen LogP contribution in [0.15, 0.2) is 24.5 Å². The molecule has 0 fully saturated rings. The molecule has 2 aromatic rings. The topological polar surface area (TPSA) is 56.1 Å². The summed E-state index contributed by atoms with van der Waals surface area (Å²) in [6.45, 7) is 8.16. The van der Waals surface area contributed by atoms with Gasteiger partial charge in [-0.1, -0.05) is 25.5 Å². The smallest absolute Gasteiger partial charge is 0.258 e. The number of hydrogen-bond donors (Lipinski definition) is 1. The van der Waals surface area contributed by atoms with E-state index in [2.05, 4.69) is 23.3 Å². The van der Waals surface area contributed by atoms with Gasteiger partial charge in [-0.05, 0) is 43.9 Å². The summed E-state index contributed by atoms with van der Waals surface area (Å²) in [5.74, 6) is 1.54. The van der Waals surface area contributed by atoms with E-state index in [1.54, 1.807) is 6.20 Å². The molecular formula is C19H27N3O2. The number of amides is 1. The maximum Gasteiger partial charge on any atom is 0.258 e. The molecule has 0 spiro atoms. The van der Waals surface area contributed by atoms with E-state index < -0.39 is 0 Å². The van der Waals surface area contributed by atoms with Gasteiger partial charge < -0.3 is 14.6 Å². The fraction of sp³-hybridized carbons (Fsp3) is 0.474. The first-order valence-electron chi connectivity index (χ1n) is 8.40. The van der Waals surface area contributed by atoms with Crippen LogP contribution in [0.2, 0.25) is 0 Å². The van der Waals surface area contributed by atoms with Gasteiger partial charge in [-0.15, -0.1) is 0 Å². The summed E-state index contributed by atoms with van der Waals surface area (Å²) in [7, 11) is 1.94. The Morgan fingerprint density at radius 2 is 2.00 bits per heavy atom. The molecule has 0 saturated carbocycles. The van der Waals surface area contributed by atoms with E-state index in [9.17, 15) is 4.79 Å². The van der Waals surface area contributed by atoms with Gasteiger partial charge in [0.2, 0.25) is 0 Å². The maximum absolute atomic E-state index is 12.3. The second-order valence-corrected chi connectivity index (χ2v) is 6.25. The van der Waals surface area contributed by atoms with Gasteiger partial charge in [-0.3, -0.25) is 4.79 Å². The van der Waals surface area contributed by atoms with E-state index in [0.717, 1.165) is 41.1 Å². The van der Waals surface area contributed by atoms with E-state index in [0.29, 0.717) is 0 Å². The number of imidazole rings is 1. The number of ether oxygens (including phenoxy) is 1. The molecule has 0 bridgehead atoms. The number of nitrogens with one attached hydrogen (secondary N) is 1. The van der Waals surface area contributed by atoms with Gasteiger partial charge in [-0.2, -0.15) is 0 Å². The number of benzene rings is 1. The fourth-order valence-corrected chi connectivity index (χ4v) is 2.79. The third-order valence-electron chi connectivity index (χ3n) is 4.30. The average molecular weight is 329 g/mol. The van der Waals surface area contributed by atoms with E-state index in [1.165, 1.54) is 0 Å². The highest BCUT2D eigenvalue weighted by Gasteiger charge is 2.18. The van der Waals surface area contributed by atoms with Crippen molar-refractivity contribution in [3.8, 4) is 5.75 Å². The van der Waals surface area contributed by atoms with Crippen LogP contribution in [0.25, 0.3) is 0 Å². The molecule has 1 aromatic carbocycles. The van der Waals surface area contributed by atoms with Crippen molar-refractivity contribution in [1.29, 1.82) is 0 Å². The third-order valence-corrected chi connectivity index (χ3v) is 4.30. The fourth-order valence-electron chi connectivity index (χ4n) is 2.79. The zero-order chi connectivity index (χ0) is 17.7. The lowest BCUT2D eigenvalue weighted by atomic mass is 10.1. The summed E-state index contributed by atoms with van der Waals surface area (Å²) >= 11 is 0. The SMILES string of the molecule is CCCC(NC(=O)COc1c(C)ccc(C)c1C)c1nccn1C. The normalized spacial score (nSPS) is 12.0. The molecule has 1 N–H and O–H groups in total. The van der Waals surface area contributed by atoms with E-state index in [4.69, 9.17) is 4.74 Å². The van der Waals surface area contributed by atoms with Gasteiger partial charge >= 0.3 is 0 Å². The number of hydrogen-bond acceptors (Lipinski definition) is 3. The quantitative estimate of drug-likeness (QED) is 0.847. The summed E-state index contributed by atoms with van der Waals surface area (Å²) in [6, 6.07) is 3.99. The number of carbonyl (C=O) groups is 1. The van der Waals surface area contributed by atoms with Crippen LogP contribution < -0.4 is 10.1 Å². The molecular weight excluding hydrogens is 302 g/mol. The average Bonchev–Trinajstić information content (AvgIpc) is 2.97. The number of aryl methyl sites for hydroxylation is 3. The minimum atomic E-state index is -0.128. The Bertz CT molecular complexity index is 707. The lowest BCUT2D eigenvalue weighted by molar-refractivity contribution is -0.124. The largest absolute Gasteiger partial charge is 0.483 e. The van der Waals surface area contributed by atoms with Crippen molar-refractivity contribution in [3.05, 3.63) is 47.0 Å². The Kier molecular flexibility index (Phi) is 6.01. The van der Waals surface area contributed by atoms with Gasteiger partial charge in [0.25, 0.3) is 5.91 Å². The van der Waals surface area contributed by atoms with Crippen molar-refractivity contribution >= 4 is 5.91 Å². The lowest BCUT2D eigenvalue weighted by Crippen LogP contribution is -2.34. The molecule has 5 nitrogen and oxygen atoms in total. The van der Waals surface area contributed by atoms with Crippen molar-refractivity contribution < 1.29 is 9.53 Å². The minimum absolute atomic E-state index is 0.00969. The number of nitrogens with zero attached hydrogens (tertiary/aromatic N) is 2. The molecule has 1 atom stereocenters. The number of carbonyl (C=O) groups excluding carboxylic acids is 1. The molecule has 130 valence electrons. The highest BCUT2D eigenvalue weighted by molar-refractivity contribution is 5.78. The van der Waals surface area contributed by atoms with Gasteiger partial charge in [0, 0.05) is 19.4 Å². The Morgan fingerprint density at radius 3 is 2.62 bits per heavy atom. The molecule has 0 radical (unpaired) electrons. The van der Waals surface area contributed by atoms with Crippen molar-refractivity contribution in [2.45, 2.75) is 46.6 Å². The van der Waals surface area contributed by atoms with Crippen LogP contribution in [-0.4, -0.2) is 22.1 Å². The zero-order valence-corrected chi connectivity index (χ0v) is 15.2. The molecule has 5 heteroatoms. The maximum atomic E-state index is 12.3. The molecule has 1 aromatic heterocycles. The lowest BCUT2D eigenvalue weighted by Gasteiger charge is -2.19. The summed E-state index contributed by atoms with van der Waals surface area (Å²) in [5, 5.41) is 3.04. The Labute approximate surface area is 144 Å². The molecule has 0 aliphatic carbocycles. The Hall–Kier alpha value is -2.30. The number of rotatable bonds is 7. The first-order valence-corrected chi connectivity index (χ1v) is 8.40. The first kappa shape index (κ1) is 18.0. The second-order valence-electron chi connectivity index (χ2n) is 6.25. The predicted octanol–water partition coefficient (Wildman–Crippen LogP) is 3.38. The summed E-state index contributed by atoms with van der Waals surface area (Å²) < 4.78 is 7.74. The van der Waals surface area contributed by atoms with Crippen LogP contribution in [0.5, 0.6) is 5.75 Å². The van der Waals surface area contributed by atoms with Gasteiger partial charge in [-0.25, -0.2) is 4.98 Å². The predicted molar refractivity (Wildman–Crippen MR) is 95.1 cm³/mol. The molecule has 0 saturated heterocycles. The molecule has 2 rings (SSSR count). The van der Waals surface area contributed by atoms with Crippen molar-refractivity contribution in [3.63, 3.8) is 0 Å². The van der Waals surface area contributed by atoms with Crippen LogP contribution >= 0.6 is 0 Å². The van der Waals surface area contributed by atoms with E-state index >= 15 is 0 Å². The molecule has 0 aliphatic rings. The zero-order valence-electron chi connectivity index (χ0n) is 15.2. The van der Waals surface area contributed by atoms with Crippen LogP contribution in [0.1, 0.15) is 48.3 Å². The highest BCUT2D eigenvalue weighted by Crippen LogP contribution is 2.25. The molecule has 0 aliphatic heterocycles. The van der Waals surface area contributed by atoms with E-state index in [-0.39, 0.29) is 18.6 Å². The number of aromatic nitrogens is 2. The minimum Gasteiger partial charge on any atom is -0.483 e. The van der Waals surface area contributed by atoms with Crippen LogP contribution in [0.3, 0.4) is 0 Å². The van der Waals surface area contributed by atoms with Crippen molar-refractivity contribution in [2.75, 3.05) is 6.61 Å². The second kappa shape index (κ2) is 7.99. The van der Waals surface area contributed by atoms with Crippen molar-refractivity contribution in [1.82, 2.24) is 14.9 Å². The Balaban J connectivity index is 2.02. The third kappa shape index (κ3) is 4.16. The van der Waals surface area contributed by atoms with E-state index in [1.807, 2.05) is 44.6 Å². The molecule has 1 amide bonds. The molecule has 1 heterocycles. The summed E-state index contributed by atoms with van der Waals surface area (Å²) in [6.07, 6.45) is 5.45. The first-order chi connectivity index (χ1) is 11.4. The standard InChI is InChI=1S/C19H27N3O2/c1-6-7-16(19-20-10-11-22(19)5)21-17(23)12-24-18-14(3)9-8-13(2)15(18)4/h8-11,16H,6-7,12H2,1-5H3,(H,21,23). The van der Waals surface area contributed by atoms with Crippen LogP contribution in [-0.2, 0) is 11.8 Å². The van der Waals surface area contributed by atoms with Gasteiger partial charge in [0.05, 0.1) is 6.04 Å². The summed E-state index contributed by atoms with van der Waals surface area (Å²) in [5.41, 5.74) is 3.28. The van der Waals surface area contributed by atoms with Gasteiger partial charge in [0.15, 0.2) is 6.61 Å². The Morgan fingerprint density at radius 1 is 1.29 bits per heavy atom. The van der Waals surface area contributed by atoms with Crippen molar-refractivity contribution in [2.24, 2.45) is 7.05 Å². The molecule has 1 unspecified atom stereocenters. The highest BCUT2D eigenvalue weighted by atomic mass is 16.5. The summed E-state index contributed by atoms with van der Waals surface area (Å²) in [4.78, 5) is 16.7. The monoisotopic (exact) mass is 329 g/mol. The van der Waals surface area contributed by atoms with Crippen LogP contribution in [0, 0.1) is 20.8 Å². The van der Waals surface area contributed by atoms with Gasteiger partial charge in [0.1, 0.15) is 11.6 Å².